The first-order valence-electron chi connectivity index (χ1n) is 5.41. The molecule has 0 unspecified atom stereocenters. The van der Waals surface area contributed by atoms with Crippen LogP contribution < -0.4 is 10.1 Å². The molecule has 0 spiro atoms. The van der Waals surface area contributed by atoms with Gasteiger partial charge < -0.3 is 14.9 Å². The number of hydrogen-bond donors (Lipinski definition) is 3. The standard InChI is InChI=1S/C12H10ClN3O4/c1-20-10-5-9(13)14-12(15-10)16-11(19)7-3-2-6(17)4-8(7)18/h2-5,17-18H,1H3,(H,14,15,16,19). The second kappa shape index (κ2) is 5.62. The highest BCUT2D eigenvalue weighted by Gasteiger charge is 2.14. The molecule has 1 aromatic carbocycles. The van der Waals surface area contributed by atoms with Crippen LogP contribution in [0.2, 0.25) is 5.15 Å². The second-order valence-electron chi connectivity index (χ2n) is 3.71. The third-order valence-corrected chi connectivity index (χ3v) is 2.53. The van der Waals surface area contributed by atoms with Crippen LogP contribution in [0.3, 0.4) is 0 Å². The minimum Gasteiger partial charge on any atom is -0.508 e. The zero-order valence-electron chi connectivity index (χ0n) is 10.3. The van der Waals surface area contributed by atoms with E-state index in [2.05, 4.69) is 15.3 Å². The number of carbonyl (C=O) groups is 1. The van der Waals surface area contributed by atoms with E-state index in [-0.39, 0.29) is 34.0 Å². The van der Waals surface area contributed by atoms with Crippen LogP contribution >= 0.6 is 11.6 Å². The van der Waals surface area contributed by atoms with Crippen LogP contribution in [0.5, 0.6) is 17.4 Å². The smallest absolute Gasteiger partial charge is 0.261 e. The number of carbonyl (C=O) groups excluding carboxylic acids is 1. The molecule has 1 amide bonds. The van der Waals surface area contributed by atoms with Crippen LogP contribution in [-0.2, 0) is 0 Å². The SMILES string of the molecule is COc1cc(Cl)nc(NC(=O)c2ccc(O)cc2O)n1. The van der Waals surface area contributed by atoms with Crippen molar-refractivity contribution in [1.29, 1.82) is 0 Å². The summed E-state index contributed by atoms with van der Waals surface area (Å²) in [5.74, 6) is -1.04. The van der Waals surface area contributed by atoms with Crippen LogP contribution in [0, 0.1) is 0 Å². The maximum atomic E-state index is 11.9. The minimum atomic E-state index is -0.646. The van der Waals surface area contributed by atoms with Crippen molar-refractivity contribution >= 4 is 23.5 Å². The predicted molar refractivity (Wildman–Crippen MR) is 71.3 cm³/mol. The molecule has 104 valence electrons. The first-order chi connectivity index (χ1) is 9.49. The molecule has 2 aromatic rings. The van der Waals surface area contributed by atoms with Gasteiger partial charge in [-0.3, -0.25) is 10.1 Å². The van der Waals surface area contributed by atoms with Gasteiger partial charge in [0.2, 0.25) is 11.8 Å². The summed E-state index contributed by atoms with van der Waals surface area (Å²) < 4.78 is 4.89. The fourth-order valence-corrected chi connectivity index (χ4v) is 1.61. The normalized spacial score (nSPS) is 10.1. The van der Waals surface area contributed by atoms with E-state index in [1.54, 1.807) is 0 Å². The number of nitrogens with one attached hydrogen (secondary N) is 1. The molecule has 0 saturated heterocycles. The number of halogens is 1. The number of hydrogen-bond acceptors (Lipinski definition) is 6. The lowest BCUT2D eigenvalue weighted by Gasteiger charge is -2.07. The summed E-state index contributed by atoms with van der Waals surface area (Å²) in [7, 11) is 1.40. The maximum absolute atomic E-state index is 11.9. The van der Waals surface area contributed by atoms with Gasteiger partial charge in [-0.15, -0.1) is 0 Å². The lowest BCUT2D eigenvalue weighted by atomic mass is 10.2. The Kier molecular flexibility index (Phi) is 3.90. The largest absolute Gasteiger partial charge is 0.508 e. The molecule has 0 bridgehead atoms. The van der Waals surface area contributed by atoms with E-state index < -0.39 is 5.91 Å². The summed E-state index contributed by atoms with van der Waals surface area (Å²) in [4.78, 5) is 19.6. The van der Waals surface area contributed by atoms with Gasteiger partial charge in [0.25, 0.3) is 5.91 Å². The summed E-state index contributed by atoms with van der Waals surface area (Å²) in [5, 5.41) is 21.2. The van der Waals surface area contributed by atoms with Crippen molar-refractivity contribution in [3.05, 3.63) is 35.0 Å². The Morgan fingerprint density at radius 2 is 2.05 bits per heavy atom. The predicted octanol–water partition coefficient (Wildman–Crippen LogP) is 1.80. The molecule has 0 aliphatic rings. The van der Waals surface area contributed by atoms with Crippen molar-refractivity contribution in [1.82, 2.24) is 9.97 Å². The number of ether oxygens (including phenoxy) is 1. The number of nitrogens with zero attached hydrogens (tertiary/aromatic N) is 2. The molecule has 20 heavy (non-hydrogen) atoms. The number of phenols is 2. The minimum absolute atomic E-state index is 0.0367. The maximum Gasteiger partial charge on any atom is 0.261 e. The average molecular weight is 296 g/mol. The monoisotopic (exact) mass is 295 g/mol. The van der Waals surface area contributed by atoms with Gasteiger partial charge in [0.15, 0.2) is 0 Å². The van der Waals surface area contributed by atoms with Crippen LogP contribution in [0.4, 0.5) is 5.95 Å². The first-order valence-corrected chi connectivity index (χ1v) is 5.79. The molecule has 0 saturated carbocycles. The van der Waals surface area contributed by atoms with E-state index in [4.69, 9.17) is 21.4 Å². The molecule has 8 heteroatoms. The fraction of sp³-hybridized carbons (Fsp3) is 0.0833. The number of methoxy groups -OCH3 is 1. The molecule has 0 aliphatic carbocycles. The molecular weight excluding hydrogens is 286 g/mol. The van der Waals surface area contributed by atoms with E-state index in [1.807, 2.05) is 0 Å². The zero-order valence-corrected chi connectivity index (χ0v) is 11.0. The molecule has 1 aromatic heterocycles. The number of phenolic OH excluding ortho intramolecular Hbond substituents is 2. The van der Waals surface area contributed by atoms with Crippen LogP contribution in [0.25, 0.3) is 0 Å². The van der Waals surface area contributed by atoms with Gasteiger partial charge in [-0.05, 0) is 12.1 Å². The van der Waals surface area contributed by atoms with Crippen LogP contribution in [0.15, 0.2) is 24.3 Å². The van der Waals surface area contributed by atoms with Gasteiger partial charge in [-0.25, -0.2) is 4.98 Å². The van der Waals surface area contributed by atoms with Gasteiger partial charge in [-0.1, -0.05) is 11.6 Å². The van der Waals surface area contributed by atoms with Crippen molar-refractivity contribution in [3.63, 3.8) is 0 Å². The van der Waals surface area contributed by atoms with Crippen molar-refractivity contribution < 1.29 is 19.7 Å². The molecule has 0 aliphatic heterocycles. The lowest BCUT2D eigenvalue weighted by Crippen LogP contribution is -2.14. The van der Waals surface area contributed by atoms with E-state index in [0.717, 1.165) is 6.07 Å². The van der Waals surface area contributed by atoms with Crippen molar-refractivity contribution in [2.24, 2.45) is 0 Å². The molecule has 0 atom stereocenters. The highest BCUT2D eigenvalue weighted by Crippen LogP contribution is 2.23. The average Bonchev–Trinajstić information content (AvgIpc) is 2.37. The van der Waals surface area contributed by atoms with Crippen LogP contribution in [-0.4, -0.2) is 33.2 Å². The number of rotatable bonds is 3. The number of aromatic hydroxyl groups is 2. The second-order valence-corrected chi connectivity index (χ2v) is 4.10. The Balaban J connectivity index is 2.25. The van der Waals surface area contributed by atoms with Crippen molar-refractivity contribution in [2.45, 2.75) is 0 Å². The summed E-state index contributed by atoms with van der Waals surface area (Å²) >= 11 is 5.75. The quantitative estimate of drug-likeness (QED) is 0.746. The summed E-state index contributed by atoms with van der Waals surface area (Å²) in [6, 6.07) is 4.97. The Morgan fingerprint density at radius 3 is 2.70 bits per heavy atom. The van der Waals surface area contributed by atoms with E-state index in [0.29, 0.717) is 0 Å². The number of benzene rings is 1. The molecule has 2 rings (SSSR count). The van der Waals surface area contributed by atoms with Gasteiger partial charge in [-0.2, -0.15) is 4.98 Å². The van der Waals surface area contributed by atoms with E-state index in [9.17, 15) is 9.90 Å². The highest BCUT2D eigenvalue weighted by atomic mass is 35.5. The number of anilines is 1. The Bertz CT molecular complexity index is 663. The highest BCUT2D eigenvalue weighted by molar-refractivity contribution is 6.29. The van der Waals surface area contributed by atoms with Gasteiger partial charge in [0, 0.05) is 12.1 Å². The number of aromatic nitrogens is 2. The Hall–Kier alpha value is -2.54. The molecule has 3 N–H and O–H groups in total. The molecule has 0 fully saturated rings. The fourth-order valence-electron chi connectivity index (χ4n) is 1.44. The number of amides is 1. The third-order valence-electron chi connectivity index (χ3n) is 2.33. The van der Waals surface area contributed by atoms with Crippen LogP contribution in [0.1, 0.15) is 10.4 Å². The molecule has 1 heterocycles. The molecular formula is C12H10ClN3O4. The Morgan fingerprint density at radius 1 is 1.30 bits per heavy atom. The van der Waals surface area contributed by atoms with Crippen molar-refractivity contribution in [2.75, 3.05) is 12.4 Å². The first kappa shape index (κ1) is 13.9. The van der Waals surface area contributed by atoms with Gasteiger partial charge >= 0.3 is 0 Å². The molecule has 0 radical (unpaired) electrons. The summed E-state index contributed by atoms with van der Waals surface area (Å²) in [5.41, 5.74) is -0.0367. The third kappa shape index (κ3) is 3.07. The topological polar surface area (TPSA) is 105 Å². The van der Waals surface area contributed by atoms with E-state index >= 15 is 0 Å². The lowest BCUT2D eigenvalue weighted by molar-refractivity contribution is 0.102. The molecule has 7 nitrogen and oxygen atoms in total. The van der Waals surface area contributed by atoms with Gasteiger partial charge in [0.1, 0.15) is 16.7 Å². The Labute approximate surface area is 118 Å². The van der Waals surface area contributed by atoms with Crippen molar-refractivity contribution in [3.8, 4) is 17.4 Å². The summed E-state index contributed by atoms with van der Waals surface area (Å²) in [6.07, 6.45) is 0. The van der Waals surface area contributed by atoms with E-state index in [1.165, 1.54) is 25.3 Å². The zero-order chi connectivity index (χ0) is 14.7. The summed E-state index contributed by atoms with van der Waals surface area (Å²) in [6.45, 7) is 0. The van der Waals surface area contributed by atoms with Gasteiger partial charge in [0.05, 0.1) is 12.7 Å².